The summed E-state index contributed by atoms with van der Waals surface area (Å²) in [6.45, 7) is 15.2. The molecule has 2 saturated heterocycles. The second-order valence-corrected chi connectivity index (χ2v) is 12.3. The summed E-state index contributed by atoms with van der Waals surface area (Å²) in [5.74, 6) is -1.08. The average Bonchev–Trinajstić information content (AvgIpc) is 2.92. The van der Waals surface area contributed by atoms with E-state index in [1.165, 1.54) is 89.4 Å². The van der Waals surface area contributed by atoms with Crippen molar-refractivity contribution in [3.63, 3.8) is 0 Å². The Morgan fingerprint density at radius 2 is 0.911 bits per heavy atom. The molecule has 2 atom stereocenters. The van der Waals surface area contributed by atoms with Gasteiger partial charge in [-0.1, -0.05) is 60.7 Å². The van der Waals surface area contributed by atoms with Gasteiger partial charge in [-0.25, -0.2) is 0 Å². The van der Waals surface area contributed by atoms with Crippen LogP contribution in [0.2, 0.25) is 0 Å². The molecule has 0 aromatic heterocycles. The second kappa shape index (κ2) is 21.1. The second-order valence-electron chi connectivity index (χ2n) is 10.4. The first-order valence-corrected chi connectivity index (χ1v) is 16.2. The van der Waals surface area contributed by atoms with Gasteiger partial charge in [-0.2, -0.15) is 0 Å². The molecule has 2 aromatic rings. The van der Waals surface area contributed by atoms with Gasteiger partial charge in [0.25, 0.3) is 0 Å². The summed E-state index contributed by atoms with van der Waals surface area (Å²) in [5, 5.41) is 15.9. The number of fused-ring (bicyclic) bond motifs is 3. The number of halogens is 6. The summed E-state index contributed by atoms with van der Waals surface area (Å²) in [5.41, 5.74) is 2.88. The van der Waals surface area contributed by atoms with Crippen LogP contribution in [0.25, 0.3) is 0 Å². The van der Waals surface area contributed by atoms with Gasteiger partial charge in [-0.3, -0.25) is 9.80 Å². The Hall–Kier alpha value is -1.83. The van der Waals surface area contributed by atoms with E-state index >= 15 is 0 Å². The Bertz CT molecular complexity index is 969. The summed E-state index contributed by atoms with van der Waals surface area (Å²) in [7, 11) is -9.66. The number of aliphatic hydroxyl groups excluding tert-OH is 1. The van der Waals surface area contributed by atoms with Crippen LogP contribution >= 0.6 is 7.81 Å². The zero-order valence-electron chi connectivity index (χ0n) is 25.8. The van der Waals surface area contributed by atoms with Gasteiger partial charge in [-0.15, -0.1) is 0 Å². The summed E-state index contributed by atoms with van der Waals surface area (Å²) >= 11 is 0. The van der Waals surface area contributed by atoms with Crippen molar-refractivity contribution in [1.82, 2.24) is 19.6 Å². The molecule has 2 aliphatic heterocycles. The summed E-state index contributed by atoms with van der Waals surface area (Å²) < 4.78 is 59.2. The van der Waals surface area contributed by atoms with Crippen molar-refractivity contribution in [1.29, 1.82) is 0 Å². The molecule has 0 spiro atoms. The minimum absolute atomic E-state index is 0. The average molecular weight is 720 g/mol. The molecule has 8 nitrogen and oxygen atoms in total. The largest absolute Gasteiger partial charge is 2.00 e. The smallest absolute Gasteiger partial charge is 0.457 e. The van der Waals surface area contributed by atoms with Crippen LogP contribution in [0, 0.1) is 0 Å². The molecule has 2 fully saturated rings. The molecule has 264 valence electrons. The van der Waals surface area contributed by atoms with E-state index in [4.69, 9.17) is 15.0 Å². The maximum Gasteiger partial charge on any atom is 2.00 e. The Kier molecular flexibility index (Phi) is 21.3. The van der Waals surface area contributed by atoms with Crippen molar-refractivity contribution in [2.45, 2.75) is 32.9 Å². The van der Waals surface area contributed by atoms with Crippen LogP contribution in [0.5, 0.6) is 0 Å². The standard InChI is InChI=1S/C26H38N4.C2H4O2.CH4O.F6P.Ni.H2O/c1-3-9-25(10-4-1)23-29-15-7-13-28-18-17-27(19-21-29)14-8-16-30(22-20-28)24-26-11-5-2-6-12-26;1-2(3)4;1-2;1-7(2,3,4,5)6;;/h1-6,9-12H,7-8,13-24H2;1H3,(H,3,4);2H,1H3;;;1H2/q;;;-1;+2;. The molecule has 16 heteroatoms. The fourth-order valence-corrected chi connectivity index (χ4v) is 4.78. The van der Waals surface area contributed by atoms with Gasteiger partial charge >= 0.3 is 49.5 Å². The van der Waals surface area contributed by atoms with E-state index in [0.29, 0.717) is 0 Å². The predicted octanol–water partition coefficient (Wildman–Crippen LogP) is 4.22. The van der Waals surface area contributed by atoms with Crippen LogP contribution < -0.4 is 5.11 Å². The molecule has 0 saturated carbocycles. The van der Waals surface area contributed by atoms with E-state index in [9.17, 15) is 25.2 Å². The molecule has 4 rings (SSSR count). The SMILES string of the molecule is CC(=O)[O-].CO.F[P-](F)(F)(F)(F)F.[Ni+2].[OH3+].c1ccc(CN2CCCN3CCN(CCCN(Cc4ccccc4)CC3)CC2)cc1. The predicted molar refractivity (Wildman–Crippen MR) is 163 cm³/mol. The van der Waals surface area contributed by atoms with Crippen molar-refractivity contribution >= 4 is 13.8 Å². The van der Waals surface area contributed by atoms with Gasteiger partial charge in [0.1, 0.15) is 0 Å². The van der Waals surface area contributed by atoms with Gasteiger partial charge in [0.2, 0.25) is 0 Å². The monoisotopic (exact) mass is 719 g/mol. The fourth-order valence-electron chi connectivity index (χ4n) is 4.78. The van der Waals surface area contributed by atoms with Crippen molar-refractivity contribution in [2.75, 3.05) is 72.6 Å². The Balaban J connectivity index is 0. The number of benzene rings is 2. The van der Waals surface area contributed by atoms with Crippen LogP contribution in [-0.4, -0.2) is 103 Å². The van der Waals surface area contributed by atoms with Crippen molar-refractivity contribution in [2.24, 2.45) is 0 Å². The third-order valence-corrected chi connectivity index (χ3v) is 6.59. The van der Waals surface area contributed by atoms with Gasteiger partial charge in [0, 0.05) is 65.4 Å². The summed E-state index contributed by atoms with van der Waals surface area (Å²) in [6, 6.07) is 22.0. The number of carboxylic acids is 1. The topological polar surface area (TPSA) is 106 Å². The van der Waals surface area contributed by atoms with E-state index in [2.05, 4.69) is 80.3 Å². The molecule has 2 aromatic carbocycles. The first-order valence-electron chi connectivity index (χ1n) is 14.2. The minimum atomic E-state index is -10.7. The number of carbonyl (C=O) groups is 1. The van der Waals surface area contributed by atoms with E-state index in [1.807, 2.05) is 0 Å². The number of carbonyl (C=O) groups excluding carboxylic acids is 1. The zero-order chi connectivity index (χ0) is 32.4. The maximum atomic E-state index is 9.87. The van der Waals surface area contributed by atoms with Crippen LogP contribution in [0.3, 0.4) is 0 Å². The molecule has 2 aliphatic rings. The number of carboxylic acid groups (broad SMARTS) is 1. The third kappa shape index (κ3) is 28.1. The van der Waals surface area contributed by atoms with Crippen molar-refractivity contribution in [3.8, 4) is 0 Å². The first-order chi connectivity index (χ1) is 20.0. The molecule has 2 heterocycles. The first kappa shape index (κ1) is 45.3. The van der Waals surface area contributed by atoms with Gasteiger partial charge in [0.15, 0.2) is 0 Å². The van der Waals surface area contributed by atoms with Crippen LogP contribution in [-0.2, 0) is 39.9 Å². The number of hydrogen-bond acceptors (Lipinski definition) is 7. The van der Waals surface area contributed by atoms with E-state index < -0.39 is 13.8 Å². The van der Waals surface area contributed by atoms with Gasteiger partial charge < -0.3 is 30.3 Å². The van der Waals surface area contributed by atoms with Crippen LogP contribution in [0.1, 0.15) is 30.9 Å². The van der Waals surface area contributed by atoms with Gasteiger partial charge in [0.05, 0.1) is 0 Å². The number of aliphatic hydroxyl groups is 1. The molecule has 2 unspecified atom stereocenters. The van der Waals surface area contributed by atoms with E-state index in [1.54, 1.807) is 0 Å². The zero-order valence-corrected chi connectivity index (χ0v) is 27.7. The molecule has 0 radical (unpaired) electrons. The van der Waals surface area contributed by atoms with Crippen LogP contribution in [0.4, 0.5) is 25.2 Å². The third-order valence-electron chi connectivity index (χ3n) is 6.59. The Morgan fingerprint density at radius 3 is 1.20 bits per heavy atom. The number of aliphatic carboxylic acids is 1. The number of nitrogens with zero attached hydrogens (tertiary/aromatic N) is 4. The normalized spacial score (nSPS) is 21.0. The number of rotatable bonds is 4. The van der Waals surface area contributed by atoms with Crippen molar-refractivity contribution < 1.29 is 62.2 Å². The van der Waals surface area contributed by atoms with Crippen LogP contribution in [0.15, 0.2) is 60.7 Å². The molecule has 0 amide bonds. The molecule has 0 aliphatic carbocycles. The molecular formula is C29H48F6N4NiO4P+. The Labute approximate surface area is 272 Å². The molecular weight excluding hydrogens is 672 g/mol. The molecule has 4 N–H and O–H groups in total. The quantitative estimate of drug-likeness (QED) is 0.218. The van der Waals surface area contributed by atoms with E-state index in [0.717, 1.165) is 27.1 Å². The molecule has 2 bridgehead atoms. The van der Waals surface area contributed by atoms with E-state index in [-0.39, 0.29) is 22.0 Å². The summed E-state index contributed by atoms with van der Waals surface area (Å²) in [4.78, 5) is 19.6. The Morgan fingerprint density at radius 1 is 0.644 bits per heavy atom. The number of hydrogen-bond donors (Lipinski definition) is 1. The molecule has 45 heavy (non-hydrogen) atoms. The maximum absolute atomic E-state index is 10.7. The summed E-state index contributed by atoms with van der Waals surface area (Å²) in [6.07, 6.45) is 2.54. The van der Waals surface area contributed by atoms with Gasteiger partial charge in [-0.05, 0) is 57.1 Å². The van der Waals surface area contributed by atoms with Crippen molar-refractivity contribution in [3.05, 3.63) is 71.8 Å². The minimum Gasteiger partial charge on any atom is -0.457 e. The fraction of sp³-hybridized carbons (Fsp3) is 0.552.